The number of rotatable bonds is 5. The largest absolute Gasteiger partial charge is 0.332 e. The van der Waals surface area contributed by atoms with E-state index in [4.69, 9.17) is 5.26 Å². The number of hydrogen-bond acceptors (Lipinski definition) is 4. The summed E-state index contributed by atoms with van der Waals surface area (Å²) in [5.74, 6) is -0.210. The fourth-order valence-corrected chi connectivity index (χ4v) is 2.62. The number of nitrogens with one attached hydrogen (secondary N) is 1. The molecule has 1 heterocycles. The van der Waals surface area contributed by atoms with E-state index >= 15 is 0 Å². The third-order valence-electron chi connectivity index (χ3n) is 2.51. The van der Waals surface area contributed by atoms with Gasteiger partial charge < -0.3 is 5.32 Å². The van der Waals surface area contributed by atoms with Crippen molar-refractivity contribution in [2.24, 2.45) is 0 Å². The molecule has 19 heavy (non-hydrogen) atoms. The van der Waals surface area contributed by atoms with Gasteiger partial charge in [-0.3, -0.25) is 4.79 Å². The Labute approximate surface area is 118 Å². The lowest BCUT2D eigenvalue weighted by Gasteiger charge is -2.07. The number of allylic oxidation sites excluding steroid dienone is 1. The van der Waals surface area contributed by atoms with E-state index in [1.165, 1.54) is 11.3 Å². The standard InChI is InChI=1S/C14H19N3OS/c1-5-11-13(19-12(6-2)17-11)14(18)16-10(8-15)7-9(3)4/h7,10H,5-6H2,1-4H3,(H,16,18). The summed E-state index contributed by atoms with van der Waals surface area (Å²) in [7, 11) is 0. The van der Waals surface area contributed by atoms with Crippen LogP contribution in [0, 0.1) is 11.3 Å². The average Bonchev–Trinajstić information content (AvgIpc) is 2.80. The van der Waals surface area contributed by atoms with Crippen molar-refractivity contribution in [3.8, 4) is 6.07 Å². The van der Waals surface area contributed by atoms with Crippen molar-refractivity contribution in [1.29, 1.82) is 5.26 Å². The molecule has 0 fully saturated rings. The van der Waals surface area contributed by atoms with Gasteiger partial charge in [-0.25, -0.2) is 4.98 Å². The predicted molar refractivity (Wildman–Crippen MR) is 77.2 cm³/mol. The van der Waals surface area contributed by atoms with Gasteiger partial charge in [-0.15, -0.1) is 11.3 Å². The van der Waals surface area contributed by atoms with Gasteiger partial charge in [-0.2, -0.15) is 5.26 Å². The fraction of sp³-hybridized carbons (Fsp3) is 0.500. The summed E-state index contributed by atoms with van der Waals surface area (Å²) in [6.07, 6.45) is 3.28. The highest BCUT2D eigenvalue weighted by atomic mass is 32.1. The molecule has 0 aliphatic rings. The van der Waals surface area contributed by atoms with Crippen LogP contribution >= 0.6 is 11.3 Å². The number of nitrogens with zero attached hydrogens (tertiary/aromatic N) is 2. The maximum absolute atomic E-state index is 12.2. The maximum Gasteiger partial charge on any atom is 0.264 e. The minimum Gasteiger partial charge on any atom is -0.332 e. The van der Waals surface area contributed by atoms with Crippen molar-refractivity contribution in [3.63, 3.8) is 0 Å². The number of amides is 1. The Morgan fingerprint density at radius 2 is 2.16 bits per heavy atom. The zero-order valence-electron chi connectivity index (χ0n) is 11.8. The molecule has 1 rings (SSSR count). The fourth-order valence-electron chi connectivity index (χ4n) is 1.62. The van der Waals surface area contributed by atoms with Crippen molar-refractivity contribution in [1.82, 2.24) is 10.3 Å². The highest BCUT2D eigenvalue weighted by molar-refractivity contribution is 7.13. The highest BCUT2D eigenvalue weighted by Gasteiger charge is 2.18. The Morgan fingerprint density at radius 1 is 1.47 bits per heavy atom. The molecule has 0 radical (unpaired) electrons. The molecule has 1 unspecified atom stereocenters. The van der Waals surface area contributed by atoms with E-state index in [0.717, 1.165) is 29.1 Å². The molecule has 5 heteroatoms. The lowest BCUT2D eigenvalue weighted by molar-refractivity contribution is 0.0954. The number of nitriles is 1. The zero-order valence-corrected chi connectivity index (χ0v) is 12.6. The molecule has 0 aliphatic heterocycles. The molecule has 0 bridgehead atoms. The summed E-state index contributed by atoms with van der Waals surface area (Å²) >= 11 is 1.41. The third-order valence-corrected chi connectivity index (χ3v) is 3.75. The van der Waals surface area contributed by atoms with E-state index < -0.39 is 6.04 Å². The molecule has 0 saturated heterocycles. The van der Waals surface area contributed by atoms with Gasteiger partial charge in [-0.05, 0) is 32.8 Å². The second-order valence-corrected chi connectivity index (χ2v) is 5.50. The molecule has 0 aliphatic carbocycles. The molecule has 1 N–H and O–H groups in total. The van der Waals surface area contributed by atoms with Crippen LogP contribution in [0.25, 0.3) is 0 Å². The first-order valence-electron chi connectivity index (χ1n) is 6.35. The van der Waals surface area contributed by atoms with Crippen LogP contribution in [-0.4, -0.2) is 16.9 Å². The summed E-state index contributed by atoms with van der Waals surface area (Å²) in [6, 6.07) is 1.48. The monoisotopic (exact) mass is 277 g/mol. The summed E-state index contributed by atoms with van der Waals surface area (Å²) < 4.78 is 0. The molecule has 102 valence electrons. The SMILES string of the molecule is CCc1nc(CC)c(C(=O)NC(C#N)C=C(C)C)s1. The second kappa shape index (κ2) is 7.05. The second-order valence-electron chi connectivity index (χ2n) is 4.41. The molecular formula is C14H19N3OS. The van der Waals surface area contributed by atoms with Crippen LogP contribution in [0.1, 0.15) is 48.1 Å². The summed E-state index contributed by atoms with van der Waals surface area (Å²) in [5, 5.41) is 12.7. The molecule has 1 aromatic heterocycles. The van der Waals surface area contributed by atoms with Crippen molar-refractivity contribution < 1.29 is 4.79 Å². The maximum atomic E-state index is 12.2. The molecule has 1 amide bonds. The molecule has 1 atom stereocenters. The minimum atomic E-state index is -0.589. The van der Waals surface area contributed by atoms with Gasteiger partial charge in [0.25, 0.3) is 5.91 Å². The Balaban J connectivity index is 2.91. The lowest BCUT2D eigenvalue weighted by Crippen LogP contribution is -2.32. The van der Waals surface area contributed by atoms with Gasteiger partial charge in [0.15, 0.2) is 0 Å². The summed E-state index contributed by atoms with van der Waals surface area (Å²) in [5.41, 5.74) is 1.81. The number of hydrogen-bond donors (Lipinski definition) is 1. The smallest absolute Gasteiger partial charge is 0.264 e. The first-order valence-corrected chi connectivity index (χ1v) is 7.17. The number of carbonyl (C=O) groups is 1. The van der Waals surface area contributed by atoms with Crippen LogP contribution in [0.2, 0.25) is 0 Å². The van der Waals surface area contributed by atoms with E-state index in [-0.39, 0.29) is 5.91 Å². The topological polar surface area (TPSA) is 65.8 Å². The van der Waals surface area contributed by atoms with Crippen molar-refractivity contribution in [3.05, 3.63) is 27.2 Å². The Bertz CT molecular complexity index is 521. The molecule has 1 aromatic rings. The Kier molecular flexibility index (Phi) is 5.71. The number of carbonyl (C=O) groups excluding carboxylic acids is 1. The number of aromatic nitrogens is 1. The van der Waals surface area contributed by atoms with Crippen LogP contribution in [0.5, 0.6) is 0 Å². The first-order chi connectivity index (χ1) is 9.01. The van der Waals surface area contributed by atoms with Crippen LogP contribution in [0.4, 0.5) is 0 Å². The van der Waals surface area contributed by atoms with Crippen LogP contribution < -0.4 is 5.32 Å². The average molecular weight is 277 g/mol. The highest BCUT2D eigenvalue weighted by Crippen LogP contribution is 2.19. The van der Waals surface area contributed by atoms with Crippen LogP contribution in [0.15, 0.2) is 11.6 Å². The van der Waals surface area contributed by atoms with Gasteiger partial charge in [-0.1, -0.05) is 19.4 Å². The summed E-state index contributed by atoms with van der Waals surface area (Å²) in [6.45, 7) is 7.79. The van der Waals surface area contributed by atoms with E-state index in [1.54, 1.807) is 6.08 Å². The Morgan fingerprint density at radius 3 is 2.63 bits per heavy atom. The Hall–Kier alpha value is -1.67. The normalized spacial score (nSPS) is 11.5. The van der Waals surface area contributed by atoms with Gasteiger partial charge in [0.1, 0.15) is 10.9 Å². The first kappa shape index (κ1) is 15.4. The third kappa shape index (κ3) is 4.18. The number of thiazole rings is 1. The lowest BCUT2D eigenvalue weighted by atomic mass is 10.2. The predicted octanol–water partition coefficient (Wildman–Crippen LogP) is 2.86. The van der Waals surface area contributed by atoms with Gasteiger partial charge >= 0.3 is 0 Å². The van der Waals surface area contributed by atoms with Gasteiger partial charge in [0.05, 0.1) is 16.8 Å². The van der Waals surface area contributed by atoms with E-state index in [2.05, 4.69) is 16.4 Å². The molecular weight excluding hydrogens is 258 g/mol. The minimum absolute atomic E-state index is 0.210. The van der Waals surface area contributed by atoms with E-state index in [1.807, 2.05) is 27.7 Å². The van der Waals surface area contributed by atoms with Crippen LogP contribution in [-0.2, 0) is 12.8 Å². The molecule has 4 nitrogen and oxygen atoms in total. The van der Waals surface area contributed by atoms with Gasteiger partial charge in [0.2, 0.25) is 0 Å². The van der Waals surface area contributed by atoms with E-state index in [0.29, 0.717) is 4.88 Å². The zero-order chi connectivity index (χ0) is 14.4. The van der Waals surface area contributed by atoms with Crippen molar-refractivity contribution in [2.75, 3.05) is 0 Å². The van der Waals surface area contributed by atoms with Gasteiger partial charge in [0, 0.05) is 0 Å². The molecule has 0 aromatic carbocycles. The van der Waals surface area contributed by atoms with E-state index in [9.17, 15) is 4.79 Å². The van der Waals surface area contributed by atoms with Crippen molar-refractivity contribution >= 4 is 17.2 Å². The molecule has 0 spiro atoms. The summed E-state index contributed by atoms with van der Waals surface area (Å²) in [4.78, 5) is 17.2. The van der Waals surface area contributed by atoms with Crippen LogP contribution in [0.3, 0.4) is 0 Å². The van der Waals surface area contributed by atoms with Crippen molar-refractivity contribution in [2.45, 2.75) is 46.6 Å². The molecule has 0 saturated carbocycles. The quantitative estimate of drug-likeness (QED) is 0.842. The number of aryl methyl sites for hydroxylation is 2.